The van der Waals surface area contributed by atoms with Gasteiger partial charge in [0.2, 0.25) is 0 Å². The van der Waals surface area contributed by atoms with Crippen LogP contribution < -0.4 is 0 Å². The van der Waals surface area contributed by atoms with Crippen LogP contribution in [-0.4, -0.2) is 20.6 Å². The fraction of sp³-hybridized carbons (Fsp3) is 0.290. The minimum absolute atomic E-state index is 0.310. The summed E-state index contributed by atoms with van der Waals surface area (Å²) in [5.74, 6) is 0.185. The van der Waals surface area contributed by atoms with Gasteiger partial charge in [0.1, 0.15) is 5.82 Å². The molecule has 1 N–H and O–H groups in total. The highest BCUT2D eigenvalue weighted by atomic mass is 16.4. The summed E-state index contributed by atoms with van der Waals surface area (Å²) in [5.41, 5.74) is 8.69. The van der Waals surface area contributed by atoms with Crippen LogP contribution in [0.2, 0.25) is 0 Å². The third-order valence-corrected chi connectivity index (χ3v) is 7.01. The van der Waals surface area contributed by atoms with Crippen LogP contribution in [0.5, 0.6) is 0 Å². The largest absolute Gasteiger partial charge is 0.478 e. The van der Waals surface area contributed by atoms with Crippen molar-refractivity contribution >= 4 is 22.6 Å². The van der Waals surface area contributed by atoms with Crippen LogP contribution in [0.25, 0.3) is 27.7 Å². The molecule has 1 heterocycles. The Bertz CT molecular complexity index is 1360. The van der Waals surface area contributed by atoms with Gasteiger partial charge in [0, 0.05) is 18.5 Å². The topological polar surface area (TPSA) is 55.1 Å². The quantitative estimate of drug-likeness (QED) is 0.290. The Labute approximate surface area is 207 Å². The van der Waals surface area contributed by atoms with Gasteiger partial charge >= 0.3 is 5.97 Å². The van der Waals surface area contributed by atoms with Crippen molar-refractivity contribution in [2.45, 2.75) is 58.4 Å². The number of unbranched alkanes of at least 4 members (excludes halogenated alkanes) is 1. The van der Waals surface area contributed by atoms with Crippen molar-refractivity contribution < 1.29 is 9.90 Å². The van der Waals surface area contributed by atoms with E-state index in [4.69, 9.17) is 4.98 Å². The van der Waals surface area contributed by atoms with E-state index in [1.54, 1.807) is 12.1 Å². The molecule has 0 saturated carbocycles. The number of aryl methyl sites for hydroxylation is 1. The van der Waals surface area contributed by atoms with Crippen LogP contribution in [0.15, 0.2) is 72.8 Å². The molecule has 0 spiro atoms. The van der Waals surface area contributed by atoms with Crippen molar-refractivity contribution in [3.05, 3.63) is 95.3 Å². The number of carbonyl (C=O) groups is 1. The van der Waals surface area contributed by atoms with E-state index >= 15 is 0 Å². The smallest absolute Gasteiger partial charge is 0.335 e. The van der Waals surface area contributed by atoms with Gasteiger partial charge in [0.25, 0.3) is 0 Å². The van der Waals surface area contributed by atoms with Crippen LogP contribution in [-0.2, 0) is 13.0 Å². The van der Waals surface area contributed by atoms with Gasteiger partial charge < -0.3 is 9.67 Å². The molecule has 1 aliphatic rings. The molecule has 0 atom stereocenters. The Hall–Kier alpha value is -3.66. The molecule has 0 bridgehead atoms. The summed E-state index contributed by atoms with van der Waals surface area (Å²) in [5, 5.41) is 9.23. The fourth-order valence-corrected chi connectivity index (χ4v) is 5.03. The molecular formula is C31H32N2O2. The predicted molar refractivity (Wildman–Crippen MR) is 143 cm³/mol. The number of aromatic nitrogens is 2. The fourth-order valence-electron chi connectivity index (χ4n) is 5.03. The number of rotatable bonds is 8. The average molecular weight is 465 g/mol. The van der Waals surface area contributed by atoms with Crippen molar-refractivity contribution in [1.29, 1.82) is 0 Å². The van der Waals surface area contributed by atoms with Gasteiger partial charge in [-0.05, 0) is 72.6 Å². The predicted octanol–water partition coefficient (Wildman–Crippen LogP) is 7.75. The molecular weight excluding hydrogens is 432 g/mol. The molecule has 1 aromatic heterocycles. The van der Waals surface area contributed by atoms with E-state index in [1.165, 1.54) is 42.4 Å². The van der Waals surface area contributed by atoms with Gasteiger partial charge in [0.15, 0.2) is 0 Å². The van der Waals surface area contributed by atoms with Gasteiger partial charge in [0.05, 0.1) is 16.6 Å². The molecule has 4 heteroatoms. The van der Waals surface area contributed by atoms with Gasteiger partial charge in [-0.1, -0.05) is 68.0 Å². The van der Waals surface area contributed by atoms with Gasteiger partial charge in [-0.2, -0.15) is 0 Å². The molecule has 0 unspecified atom stereocenters. The Kier molecular flexibility index (Phi) is 6.80. The molecule has 4 nitrogen and oxygen atoms in total. The number of hydrogen-bond acceptors (Lipinski definition) is 2. The zero-order chi connectivity index (χ0) is 24.2. The first kappa shape index (κ1) is 23.1. The first-order valence-electron chi connectivity index (χ1n) is 12.7. The van der Waals surface area contributed by atoms with Gasteiger partial charge in [-0.15, -0.1) is 0 Å². The maximum Gasteiger partial charge on any atom is 0.335 e. The third-order valence-electron chi connectivity index (χ3n) is 7.01. The maximum atomic E-state index is 11.2. The Morgan fingerprint density at radius 1 is 0.971 bits per heavy atom. The first-order valence-corrected chi connectivity index (χ1v) is 12.7. The average Bonchev–Trinajstić information content (AvgIpc) is 3.25. The van der Waals surface area contributed by atoms with E-state index in [1.807, 2.05) is 12.1 Å². The zero-order valence-electron chi connectivity index (χ0n) is 20.3. The normalized spacial score (nSPS) is 13.7. The second kappa shape index (κ2) is 10.3. The molecule has 0 aliphatic heterocycles. The van der Waals surface area contributed by atoms with Gasteiger partial charge in [-0.25, -0.2) is 9.78 Å². The highest BCUT2D eigenvalue weighted by Crippen LogP contribution is 2.32. The second-order valence-electron chi connectivity index (χ2n) is 9.45. The second-order valence-corrected chi connectivity index (χ2v) is 9.45. The van der Waals surface area contributed by atoms with Crippen molar-refractivity contribution in [2.75, 3.05) is 0 Å². The molecule has 0 fully saturated rings. The van der Waals surface area contributed by atoms with E-state index in [2.05, 4.69) is 60.0 Å². The summed E-state index contributed by atoms with van der Waals surface area (Å²) in [6, 6.07) is 22.6. The lowest BCUT2D eigenvalue weighted by atomic mass is 9.92. The minimum atomic E-state index is -0.899. The summed E-state index contributed by atoms with van der Waals surface area (Å²) in [6.45, 7) is 2.87. The van der Waals surface area contributed by atoms with E-state index in [0.29, 0.717) is 12.1 Å². The lowest BCUT2D eigenvalue weighted by Gasteiger charge is -2.13. The molecule has 35 heavy (non-hydrogen) atoms. The summed E-state index contributed by atoms with van der Waals surface area (Å²) in [4.78, 5) is 16.4. The number of hydrogen-bond donors (Lipinski definition) is 1. The SMILES string of the molecule is CCCCc1nc2c(-c3ccc(C4=CCCCC4)cc3)cccc2n1Cc1ccc(C(=O)O)cc1. The standard InChI is InChI=1S/C31H32N2O2/c1-2-3-12-29-32-30-27(25-19-17-24(18-20-25)23-8-5-4-6-9-23)10-7-11-28(30)33(29)21-22-13-15-26(16-14-22)31(34)35/h7-8,10-11,13-20H,2-6,9,12,21H2,1H3,(H,34,35). The number of nitrogens with zero attached hydrogens (tertiary/aromatic N) is 2. The van der Waals surface area contributed by atoms with Crippen molar-refractivity contribution in [3.63, 3.8) is 0 Å². The number of imidazole rings is 1. The summed E-state index contributed by atoms with van der Waals surface area (Å²) >= 11 is 0. The van der Waals surface area contributed by atoms with Crippen LogP contribution >= 0.6 is 0 Å². The number of carboxylic acid groups (broad SMARTS) is 1. The van der Waals surface area contributed by atoms with Crippen molar-refractivity contribution in [3.8, 4) is 11.1 Å². The maximum absolute atomic E-state index is 11.2. The first-order chi connectivity index (χ1) is 17.1. The Balaban J connectivity index is 1.52. The molecule has 3 aromatic carbocycles. The number of para-hydroxylation sites is 1. The molecule has 0 amide bonds. The van der Waals surface area contributed by atoms with E-state index < -0.39 is 5.97 Å². The number of benzene rings is 3. The molecule has 4 aromatic rings. The number of aromatic carboxylic acids is 1. The monoisotopic (exact) mass is 464 g/mol. The zero-order valence-corrected chi connectivity index (χ0v) is 20.3. The van der Waals surface area contributed by atoms with Crippen LogP contribution in [0.4, 0.5) is 0 Å². The third kappa shape index (κ3) is 4.93. The van der Waals surface area contributed by atoms with Crippen molar-refractivity contribution in [2.24, 2.45) is 0 Å². The van der Waals surface area contributed by atoms with Gasteiger partial charge in [-0.3, -0.25) is 0 Å². The summed E-state index contributed by atoms with van der Waals surface area (Å²) < 4.78 is 2.30. The summed E-state index contributed by atoms with van der Waals surface area (Å²) in [7, 11) is 0. The minimum Gasteiger partial charge on any atom is -0.478 e. The van der Waals surface area contributed by atoms with Crippen LogP contribution in [0, 0.1) is 0 Å². The van der Waals surface area contributed by atoms with E-state index in [0.717, 1.165) is 47.2 Å². The van der Waals surface area contributed by atoms with Crippen LogP contribution in [0.1, 0.15) is 72.8 Å². The molecule has 5 rings (SSSR count). The van der Waals surface area contributed by atoms with Crippen LogP contribution in [0.3, 0.4) is 0 Å². The lowest BCUT2D eigenvalue weighted by molar-refractivity contribution is 0.0697. The molecule has 0 saturated heterocycles. The Morgan fingerprint density at radius 2 is 1.74 bits per heavy atom. The highest BCUT2D eigenvalue weighted by molar-refractivity contribution is 5.93. The Morgan fingerprint density at radius 3 is 2.43 bits per heavy atom. The summed E-state index contributed by atoms with van der Waals surface area (Å²) in [6.07, 6.45) is 10.5. The highest BCUT2D eigenvalue weighted by Gasteiger charge is 2.16. The molecule has 0 radical (unpaired) electrons. The van der Waals surface area contributed by atoms with E-state index in [-0.39, 0.29) is 0 Å². The number of fused-ring (bicyclic) bond motifs is 1. The molecule has 1 aliphatic carbocycles. The van der Waals surface area contributed by atoms with E-state index in [9.17, 15) is 9.90 Å². The number of allylic oxidation sites excluding steroid dienone is 2. The molecule has 178 valence electrons. The lowest BCUT2D eigenvalue weighted by Crippen LogP contribution is -2.06. The van der Waals surface area contributed by atoms with Crippen molar-refractivity contribution in [1.82, 2.24) is 9.55 Å². The number of carboxylic acids is 1.